The Hall–Kier alpha value is -4.94. The van der Waals surface area contributed by atoms with Crippen LogP contribution in [-0.4, -0.2) is 147 Å². The molecule has 0 bridgehead atoms. The number of carbonyl (C=O) groups is 3. The van der Waals surface area contributed by atoms with Gasteiger partial charge in [-0.2, -0.15) is 0 Å². The third-order valence-electron chi connectivity index (χ3n) is 8.86. The lowest BCUT2D eigenvalue weighted by molar-refractivity contribution is -0.462. The first-order valence-electron chi connectivity index (χ1n) is 19.1. The number of nitrogens with two attached hydrogens (primary N) is 4. The molecule has 0 spiro atoms. The van der Waals surface area contributed by atoms with E-state index in [-0.39, 0.29) is 65.0 Å². The third kappa shape index (κ3) is 16.6. The van der Waals surface area contributed by atoms with E-state index in [0.29, 0.717) is 25.3 Å². The molecule has 16 nitrogen and oxygen atoms in total. The summed E-state index contributed by atoms with van der Waals surface area (Å²) >= 11 is 0. The highest BCUT2D eigenvalue weighted by Crippen LogP contribution is 2.32. The highest BCUT2D eigenvalue weighted by atomic mass is 16.5. The van der Waals surface area contributed by atoms with Crippen LogP contribution in [0.5, 0.6) is 5.75 Å². The highest BCUT2D eigenvalue weighted by molar-refractivity contribution is 6.04. The van der Waals surface area contributed by atoms with Crippen molar-refractivity contribution in [3.8, 4) is 5.75 Å². The minimum absolute atomic E-state index is 0.00188. The first-order chi connectivity index (χ1) is 27.5. The molecule has 0 saturated heterocycles. The largest absolute Gasteiger partial charge is 0.494 e. The average Bonchev–Trinajstić information content (AvgIpc) is 3.22. The van der Waals surface area contributed by atoms with E-state index >= 15 is 0 Å². The SMILES string of the molecule is CN(C)c1ccc(C(=C2C=CC(=[N+](C)C)C=C2)c2ccc(OCCCNC(=O)COC(CNC(=O)COC(CN)CN)CNC(=O)COC(CN)CN)cc2)cc1. The second-order valence-corrected chi connectivity index (χ2v) is 13.7. The summed E-state index contributed by atoms with van der Waals surface area (Å²) in [5.41, 5.74) is 28.9. The average molecular weight is 793 g/mol. The second-order valence-electron chi connectivity index (χ2n) is 13.7. The van der Waals surface area contributed by atoms with Gasteiger partial charge in [0.15, 0.2) is 5.71 Å². The van der Waals surface area contributed by atoms with Crippen molar-refractivity contribution < 1.29 is 37.9 Å². The fourth-order valence-corrected chi connectivity index (χ4v) is 5.40. The van der Waals surface area contributed by atoms with Crippen molar-refractivity contribution in [3.05, 3.63) is 89.5 Å². The van der Waals surface area contributed by atoms with Crippen LogP contribution < -0.4 is 48.5 Å². The molecule has 312 valence electrons. The van der Waals surface area contributed by atoms with Crippen molar-refractivity contribution in [3.63, 3.8) is 0 Å². The number of benzene rings is 2. The number of carbonyl (C=O) groups excluding carboxylic acids is 3. The minimum Gasteiger partial charge on any atom is -0.494 e. The Balaban J connectivity index is 1.51. The van der Waals surface area contributed by atoms with E-state index in [4.69, 9.17) is 41.9 Å². The monoisotopic (exact) mass is 792 g/mol. The minimum atomic E-state index is -0.734. The third-order valence-corrected chi connectivity index (χ3v) is 8.86. The number of allylic oxidation sites excluding steroid dienone is 5. The molecule has 0 atom stereocenters. The molecule has 1 aliphatic carbocycles. The van der Waals surface area contributed by atoms with Gasteiger partial charge in [0.05, 0.1) is 24.9 Å². The van der Waals surface area contributed by atoms with Gasteiger partial charge in [0.25, 0.3) is 0 Å². The van der Waals surface area contributed by atoms with Crippen molar-refractivity contribution in [2.24, 2.45) is 22.9 Å². The van der Waals surface area contributed by atoms with E-state index in [2.05, 4.69) is 86.1 Å². The van der Waals surface area contributed by atoms with Gasteiger partial charge < -0.3 is 62.7 Å². The molecule has 57 heavy (non-hydrogen) atoms. The Morgan fingerprint density at radius 3 is 1.56 bits per heavy atom. The molecular formula is C41H62N9O7+. The molecule has 0 heterocycles. The number of rotatable bonds is 25. The van der Waals surface area contributed by atoms with Gasteiger partial charge in [0, 0.05) is 77.7 Å². The summed E-state index contributed by atoms with van der Waals surface area (Å²) in [6.07, 6.45) is 7.43. The summed E-state index contributed by atoms with van der Waals surface area (Å²) in [6, 6.07) is 16.5. The zero-order valence-corrected chi connectivity index (χ0v) is 33.7. The van der Waals surface area contributed by atoms with E-state index < -0.39 is 30.1 Å². The van der Waals surface area contributed by atoms with Crippen LogP contribution in [0.25, 0.3) is 5.57 Å². The van der Waals surface area contributed by atoms with Gasteiger partial charge >= 0.3 is 0 Å². The first kappa shape index (κ1) is 46.4. The number of hydrogen-bond donors (Lipinski definition) is 7. The normalized spacial score (nSPS) is 12.3. The van der Waals surface area contributed by atoms with Crippen LogP contribution in [0.3, 0.4) is 0 Å². The molecule has 1 aliphatic rings. The first-order valence-corrected chi connectivity index (χ1v) is 19.1. The van der Waals surface area contributed by atoms with Crippen LogP contribution in [0, 0.1) is 0 Å². The van der Waals surface area contributed by atoms with Gasteiger partial charge in [-0.25, -0.2) is 4.58 Å². The quantitative estimate of drug-likeness (QED) is 0.0499. The van der Waals surface area contributed by atoms with Crippen LogP contribution in [0.1, 0.15) is 17.5 Å². The van der Waals surface area contributed by atoms with Crippen LogP contribution >= 0.6 is 0 Å². The molecule has 2 aromatic rings. The lowest BCUT2D eigenvalue weighted by Gasteiger charge is -2.20. The second kappa shape index (κ2) is 25.3. The van der Waals surface area contributed by atoms with E-state index in [0.717, 1.165) is 33.7 Å². The van der Waals surface area contributed by atoms with Gasteiger partial charge in [-0.05, 0) is 65.1 Å². The number of ether oxygens (including phenoxy) is 4. The Morgan fingerprint density at radius 1 is 0.649 bits per heavy atom. The van der Waals surface area contributed by atoms with Crippen LogP contribution in [0.15, 0.2) is 78.4 Å². The molecular weight excluding hydrogens is 731 g/mol. The van der Waals surface area contributed by atoms with Crippen LogP contribution in [0.2, 0.25) is 0 Å². The zero-order valence-electron chi connectivity index (χ0n) is 33.7. The summed E-state index contributed by atoms with van der Waals surface area (Å²) in [7, 11) is 8.10. The van der Waals surface area contributed by atoms with Gasteiger partial charge in [0.2, 0.25) is 17.7 Å². The molecule has 11 N–H and O–H groups in total. The zero-order chi connectivity index (χ0) is 41.6. The predicted molar refractivity (Wildman–Crippen MR) is 223 cm³/mol. The topological polar surface area (TPSA) is 235 Å². The molecule has 16 heteroatoms. The summed E-state index contributed by atoms with van der Waals surface area (Å²) in [5, 5.41) is 8.16. The van der Waals surface area contributed by atoms with Gasteiger partial charge in [-0.3, -0.25) is 14.4 Å². The molecule has 0 aliphatic heterocycles. The standard InChI is InChI=1S/C41H61N9O7/c1-49(2)32-12-6-29(7-13-32)41(30-8-14-33(15-9-30)50(3)4)31-10-16-34(17-11-31)54-19-5-18-46-38(51)26-57-37(24-47-39(52)27-55-35(20-42)21-43)25-48-40(53)28-56-36(22-44)23-45/h6-17,35-37H,5,18-28,42-45H2,1-4H3,(H2-,46,47,48,51,52,53)/p+1. The van der Waals surface area contributed by atoms with Crippen molar-refractivity contribution in [2.75, 3.05) is 105 Å². The lowest BCUT2D eigenvalue weighted by Crippen LogP contribution is -2.45. The fraction of sp³-hybridized carbons (Fsp3) is 0.463. The number of amides is 3. The van der Waals surface area contributed by atoms with E-state index in [1.165, 1.54) is 0 Å². The number of anilines is 1. The Bertz CT molecular complexity index is 1630. The number of nitrogens with one attached hydrogen (secondary N) is 3. The van der Waals surface area contributed by atoms with Crippen LogP contribution in [0.4, 0.5) is 5.69 Å². The van der Waals surface area contributed by atoms with E-state index in [1.54, 1.807) is 0 Å². The lowest BCUT2D eigenvalue weighted by atomic mass is 9.90. The van der Waals surface area contributed by atoms with Gasteiger partial charge in [0.1, 0.15) is 39.7 Å². The Kier molecular flexibility index (Phi) is 20.6. The predicted octanol–water partition coefficient (Wildman–Crippen LogP) is -0.499. The molecule has 3 rings (SSSR count). The maximum atomic E-state index is 12.6. The summed E-state index contributed by atoms with van der Waals surface area (Å²) < 4.78 is 24.6. The van der Waals surface area contributed by atoms with Crippen molar-refractivity contribution in [1.29, 1.82) is 0 Å². The molecule has 2 aromatic carbocycles. The summed E-state index contributed by atoms with van der Waals surface area (Å²) in [6.45, 7) is 0.614. The molecule has 3 amide bonds. The van der Waals surface area contributed by atoms with E-state index in [9.17, 15) is 14.4 Å². The number of nitrogens with zero attached hydrogens (tertiary/aromatic N) is 2. The maximum absolute atomic E-state index is 12.6. The number of hydrogen-bond acceptors (Lipinski definition) is 12. The Morgan fingerprint density at radius 2 is 1.11 bits per heavy atom. The molecule has 0 radical (unpaired) electrons. The highest BCUT2D eigenvalue weighted by Gasteiger charge is 2.18. The molecule has 0 unspecified atom stereocenters. The van der Waals surface area contributed by atoms with Gasteiger partial charge in [-0.15, -0.1) is 0 Å². The van der Waals surface area contributed by atoms with Crippen molar-refractivity contribution in [2.45, 2.75) is 24.7 Å². The summed E-state index contributed by atoms with van der Waals surface area (Å²) in [4.78, 5) is 39.4. The Labute approximate surface area is 336 Å². The van der Waals surface area contributed by atoms with Gasteiger partial charge in [-0.1, -0.05) is 24.3 Å². The summed E-state index contributed by atoms with van der Waals surface area (Å²) in [5.74, 6) is -0.510. The van der Waals surface area contributed by atoms with E-state index in [1.807, 2.05) is 40.3 Å². The van der Waals surface area contributed by atoms with Crippen molar-refractivity contribution in [1.82, 2.24) is 16.0 Å². The smallest absolute Gasteiger partial charge is 0.246 e. The fourth-order valence-electron chi connectivity index (χ4n) is 5.40. The van der Waals surface area contributed by atoms with Crippen molar-refractivity contribution >= 4 is 34.7 Å². The molecule has 0 saturated carbocycles. The molecule has 0 aromatic heterocycles. The molecule has 0 fully saturated rings. The maximum Gasteiger partial charge on any atom is 0.246 e. The van der Waals surface area contributed by atoms with Crippen LogP contribution in [-0.2, 0) is 28.6 Å².